The average molecular weight is 263 g/mol. The van der Waals surface area contributed by atoms with E-state index in [1.165, 1.54) is 34.9 Å². The van der Waals surface area contributed by atoms with E-state index < -0.39 is 0 Å². The maximum absolute atomic E-state index is 3.64. The zero-order chi connectivity index (χ0) is 10.6. The van der Waals surface area contributed by atoms with Crippen LogP contribution in [0.15, 0.2) is 4.48 Å². The second-order valence-corrected chi connectivity index (χ2v) is 5.74. The fourth-order valence-corrected chi connectivity index (χ4v) is 3.65. The molecule has 0 radical (unpaired) electrons. The summed E-state index contributed by atoms with van der Waals surface area (Å²) in [5.74, 6) is 0. The maximum Gasteiger partial charge on any atom is 0.00496 e. The van der Waals surface area contributed by atoms with Crippen LogP contribution >= 0.6 is 15.9 Å². The summed E-state index contributed by atoms with van der Waals surface area (Å²) in [6.45, 7) is 4.60. The van der Waals surface area contributed by atoms with Crippen LogP contribution in [0.3, 0.4) is 0 Å². The molecule has 0 nitrogen and oxygen atoms in total. The van der Waals surface area contributed by atoms with Crippen molar-refractivity contribution in [2.24, 2.45) is 0 Å². The Bertz CT molecular complexity index is 481. The van der Waals surface area contributed by atoms with E-state index >= 15 is 0 Å². The molecule has 0 heterocycles. The van der Waals surface area contributed by atoms with Gasteiger partial charge in [0.25, 0.3) is 0 Å². The molecule has 0 spiro atoms. The Hall–Kier alpha value is -0.560. The molecule has 2 aliphatic carbocycles. The molecule has 0 saturated carbocycles. The molecular formula is C14H15Br. The lowest BCUT2D eigenvalue weighted by Crippen LogP contribution is -2.00. The van der Waals surface area contributed by atoms with Crippen LogP contribution in [0.25, 0.3) is 6.08 Å². The Balaban J connectivity index is 2.33. The highest BCUT2D eigenvalue weighted by Gasteiger charge is 2.24. The summed E-state index contributed by atoms with van der Waals surface area (Å²) in [4.78, 5) is 0. The lowest BCUT2D eigenvalue weighted by Gasteiger charge is -2.14. The van der Waals surface area contributed by atoms with Gasteiger partial charge in [0.05, 0.1) is 0 Å². The monoisotopic (exact) mass is 262 g/mol. The third kappa shape index (κ3) is 1.25. The van der Waals surface area contributed by atoms with Gasteiger partial charge in [0.15, 0.2) is 0 Å². The first-order chi connectivity index (χ1) is 7.18. The molecule has 1 aromatic carbocycles. The third-order valence-corrected chi connectivity index (χ3v) is 4.46. The van der Waals surface area contributed by atoms with Crippen LogP contribution in [0.1, 0.15) is 39.8 Å². The highest BCUT2D eigenvalue weighted by molar-refractivity contribution is 9.11. The molecule has 0 unspecified atom stereocenters. The molecule has 0 aliphatic heterocycles. The van der Waals surface area contributed by atoms with Gasteiger partial charge in [-0.05, 0) is 72.6 Å². The maximum atomic E-state index is 3.64. The van der Waals surface area contributed by atoms with Gasteiger partial charge in [-0.1, -0.05) is 15.9 Å². The Morgan fingerprint density at radius 1 is 1.00 bits per heavy atom. The van der Waals surface area contributed by atoms with Crippen molar-refractivity contribution in [2.75, 3.05) is 0 Å². The second-order valence-electron chi connectivity index (χ2n) is 4.72. The molecule has 78 valence electrons. The summed E-state index contributed by atoms with van der Waals surface area (Å²) in [6, 6.07) is 0. The molecule has 0 N–H and O–H groups in total. The van der Waals surface area contributed by atoms with Crippen LogP contribution in [-0.2, 0) is 19.3 Å². The predicted molar refractivity (Wildman–Crippen MR) is 68.5 cm³/mol. The van der Waals surface area contributed by atoms with Crippen molar-refractivity contribution in [3.05, 3.63) is 37.9 Å². The Labute approximate surface area is 99.5 Å². The number of hydrogen-bond acceptors (Lipinski definition) is 0. The zero-order valence-corrected chi connectivity index (χ0v) is 10.9. The third-order valence-electron chi connectivity index (χ3n) is 3.95. The minimum Gasteiger partial charge on any atom is -0.0553 e. The zero-order valence-electron chi connectivity index (χ0n) is 9.28. The van der Waals surface area contributed by atoms with Gasteiger partial charge in [-0.25, -0.2) is 0 Å². The minimum absolute atomic E-state index is 1.11. The average Bonchev–Trinajstić information content (AvgIpc) is 2.79. The molecule has 0 aromatic heterocycles. The van der Waals surface area contributed by atoms with Crippen LogP contribution in [0, 0.1) is 13.8 Å². The molecule has 1 aromatic rings. The van der Waals surface area contributed by atoms with E-state index in [-0.39, 0.29) is 0 Å². The van der Waals surface area contributed by atoms with E-state index in [4.69, 9.17) is 0 Å². The molecule has 15 heavy (non-hydrogen) atoms. The Morgan fingerprint density at radius 3 is 2.40 bits per heavy atom. The first kappa shape index (κ1) is 9.65. The van der Waals surface area contributed by atoms with Crippen molar-refractivity contribution >= 4 is 22.0 Å². The first-order valence-corrected chi connectivity index (χ1v) is 6.47. The molecule has 0 saturated heterocycles. The van der Waals surface area contributed by atoms with Crippen LogP contribution in [0.4, 0.5) is 0 Å². The summed E-state index contributed by atoms with van der Waals surface area (Å²) in [6.07, 6.45) is 7.37. The number of rotatable bonds is 0. The Kier molecular flexibility index (Phi) is 2.07. The quantitative estimate of drug-likeness (QED) is 0.661. The predicted octanol–water partition coefficient (Wildman–Crippen LogP) is 4.08. The van der Waals surface area contributed by atoms with Crippen molar-refractivity contribution in [1.29, 1.82) is 0 Å². The fourth-order valence-electron chi connectivity index (χ4n) is 3.14. The number of halogens is 1. The minimum atomic E-state index is 1.11. The van der Waals surface area contributed by atoms with Crippen LogP contribution in [0.5, 0.6) is 0 Å². The van der Waals surface area contributed by atoms with Crippen LogP contribution in [0.2, 0.25) is 0 Å². The molecule has 1 heteroatoms. The second kappa shape index (κ2) is 3.21. The molecule has 2 aliphatic rings. The Morgan fingerprint density at radius 2 is 1.67 bits per heavy atom. The number of fused-ring (bicyclic) bond motifs is 2. The van der Waals surface area contributed by atoms with Gasteiger partial charge in [-0.15, -0.1) is 0 Å². The summed E-state index contributed by atoms with van der Waals surface area (Å²) in [5.41, 5.74) is 9.47. The summed E-state index contributed by atoms with van der Waals surface area (Å²) >= 11 is 3.64. The molecule has 3 rings (SSSR count). The fraction of sp³-hybridized carbons (Fsp3) is 0.429. The van der Waals surface area contributed by atoms with E-state index in [0.717, 1.165) is 6.42 Å². The highest BCUT2D eigenvalue weighted by Crippen LogP contribution is 2.39. The first-order valence-electron chi connectivity index (χ1n) is 5.68. The number of benzene rings is 1. The number of allylic oxidation sites excluding steroid dienone is 1. The van der Waals surface area contributed by atoms with Crippen LogP contribution < -0.4 is 0 Å². The van der Waals surface area contributed by atoms with Crippen molar-refractivity contribution in [2.45, 2.75) is 39.5 Å². The van der Waals surface area contributed by atoms with Crippen molar-refractivity contribution in [3.63, 3.8) is 0 Å². The highest BCUT2D eigenvalue weighted by atomic mass is 79.9. The normalized spacial score (nSPS) is 17.7. The van der Waals surface area contributed by atoms with Gasteiger partial charge in [0.1, 0.15) is 0 Å². The van der Waals surface area contributed by atoms with Crippen molar-refractivity contribution in [3.8, 4) is 0 Å². The van der Waals surface area contributed by atoms with Crippen molar-refractivity contribution < 1.29 is 0 Å². The van der Waals surface area contributed by atoms with Gasteiger partial charge in [0.2, 0.25) is 0 Å². The van der Waals surface area contributed by atoms with Gasteiger partial charge in [0, 0.05) is 10.9 Å². The number of hydrogen-bond donors (Lipinski definition) is 0. The van der Waals surface area contributed by atoms with Gasteiger partial charge in [-0.2, -0.15) is 0 Å². The van der Waals surface area contributed by atoms with Gasteiger partial charge in [-0.3, -0.25) is 0 Å². The summed E-state index contributed by atoms with van der Waals surface area (Å²) in [5, 5.41) is 0. The van der Waals surface area contributed by atoms with Gasteiger partial charge < -0.3 is 0 Å². The smallest absolute Gasteiger partial charge is 0.00496 e. The van der Waals surface area contributed by atoms with Crippen LogP contribution in [-0.4, -0.2) is 0 Å². The standard InChI is InChI=1S/C14H15Br/c1-8-11-4-3-5-12(11)9(2)14-7-10(15)6-13(8)14/h6H,3-5,7H2,1-2H3. The lowest BCUT2D eigenvalue weighted by atomic mass is 9.90. The van der Waals surface area contributed by atoms with E-state index in [0.29, 0.717) is 0 Å². The summed E-state index contributed by atoms with van der Waals surface area (Å²) in [7, 11) is 0. The van der Waals surface area contributed by atoms with E-state index in [2.05, 4.69) is 35.9 Å². The molecule has 0 amide bonds. The van der Waals surface area contributed by atoms with E-state index in [9.17, 15) is 0 Å². The van der Waals surface area contributed by atoms with Crippen molar-refractivity contribution in [1.82, 2.24) is 0 Å². The SMILES string of the molecule is Cc1c2c(c(C)c3c1CCC3)CC(Br)=C2. The summed E-state index contributed by atoms with van der Waals surface area (Å²) < 4.78 is 1.34. The van der Waals surface area contributed by atoms with Gasteiger partial charge >= 0.3 is 0 Å². The lowest BCUT2D eigenvalue weighted by molar-refractivity contribution is 0.906. The molecule has 0 bridgehead atoms. The molecular weight excluding hydrogens is 248 g/mol. The van der Waals surface area contributed by atoms with E-state index in [1.807, 2.05) is 0 Å². The largest absolute Gasteiger partial charge is 0.0553 e. The van der Waals surface area contributed by atoms with E-state index in [1.54, 1.807) is 22.3 Å². The molecule has 0 atom stereocenters. The molecule has 0 fully saturated rings. The topological polar surface area (TPSA) is 0 Å².